The molecule has 1 aliphatic carbocycles. The van der Waals surface area contributed by atoms with Crippen molar-refractivity contribution in [2.24, 2.45) is 5.92 Å². The number of pyridine rings is 1. The lowest BCUT2D eigenvalue weighted by Crippen LogP contribution is -2.57. The van der Waals surface area contributed by atoms with E-state index in [2.05, 4.69) is 20.5 Å². The van der Waals surface area contributed by atoms with Gasteiger partial charge < -0.3 is 20.4 Å². The average Bonchev–Trinajstić information content (AvgIpc) is 3.37. The quantitative estimate of drug-likeness (QED) is 0.524. The zero-order valence-electron chi connectivity index (χ0n) is 22.3. The van der Waals surface area contributed by atoms with Crippen molar-refractivity contribution in [1.29, 1.82) is 0 Å². The van der Waals surface area contributed by atoms with Crippen LogP contribution in [0.1, 0.15) is 51.9 Å². The molecule has 4 rings (SSSR count). The Morgan fingerprint density at radius 3 is 2.45 bits per heavy atom. The van der Waals surface area contributed by atoms with Gasteiger partial charge in [-0.2, -0.15) is 4.31 Å². The van der Waals surface area contributed by atoms with Crippen molar-refractivity contribution in [2.45, 2.75) is 75.0 Å². The molecule has 2 N–H and O–H groups in total. The number of rotatable bonds is 7. The number of carbonyl (C=O) groups excluding carboxylic acids is 3. The topological polar surface area (TPSA) is 132 Å². The summed E-state index contributed by atoms with van der Waals surface area (Å²) in [5.41, 5.74) is 0. The molecule has 1 aromatic heterocycles. The normalized spacial score (nSPS) is 25.1. The highest BCUT2D eigenvalue weighted by atomic mass is 32.2. The SMILES string of the molecule is C[C@@H]1CC[C@H](NC(=O)[C@H](CC2CCCC2)NC(=O)N2CCN(C)CC2)C(=O)CN1S(=O)(=O)c1ccccn1. The van der Waals surface area contributed by atoms with Gasteiger partial charge in [-0.1, -0.05) is 31.7 Å². The molecule has 210 valence electrons. The second kappa shape index (κ2) is 12.5. The molecule has 3 amide bonds. The number of hydrogen-bond donors (Lipinski definition) is 2. The van der Waals surface area contributed by atoms with E-state index in [4.69, 9.17) is 0 Å². The first-order valence-electron chi connectivity index (χ1n) is 13.6. The Kier molecular flexibility index (Phi) is 9.37. The van der Waals surface area contributed by atoms with Crippen molar-refractivity contribution in [1.82, 2.24) is 29.7 Å². The van der Waals surface area contributed by atoms with Gasteiger partial charge in [-0.25, -0.2) is 18.2 Å². The van der Waals surface area contributed by atoms with Crippen molar-refractivity contribution >= 4 is 27.7 Å². The summed E-state index contributed by atoms with van der Waals surface area (Å²) in [5.74, 6) is -0.402. The maximum absolute atomic E-state index is 13.5. The van der Waals surface area contributed by atoms with Crippen LogP contribution in [0, 0.1) is 5.92 Å². The summed E-state index contributed by atoms with van der Waals surface area (Å²) in [4.78, 5) is 47.5. The number of aromatic nitrogens is 1. The second-order valence-electron chi connectivity index (χ2n) is 10.9. The average molecular weight is 549 g/mol. The Balaban J connectivity index is 1.43. The lowest BCUT2D eigenvalue weighted by Gasteiger charge is -2.34. The van der Waals surface area contributed by atoms with Crippen molar-refractivity contribution < 1.29 is 22.8 Å². The molecule has 12 heteroatoms. The maximum Gasteiger partial charge on any atom is 0.318 e. The molecule has 0 aromatic carbocycles. The highest BCUT2D eigenvalue weighted by Crippen LogP contribution is 2.29. The van der Waals surface area contributed by atoms with Crippen LogP contribution in [0.25, 0.3) is 0 Å². The molecule has 1 aromatic rings. The van der Waals surface area contributed by atoms with Crippen LogP contribution in [-0.4, -0.2) is 103 Å². The van der Waals surface area contributed by atoms with E-state index in [1.807, 2.05) is 7.05 Å². The lowest BCUT2D eigenvalue weighted by atomic mass is 9.97. The molecule has 3 aliphatic rings. The summed E-state index contributed by atoms with van der Waals surface area (Å²) in [6, 6.07) is 2.38. The lowest BCUT2D eigenvalue weighted by molar-refractivity contribution is -0.129. The number of sulfonamides is 1. The molecule has 2 saturated heterocycles. The number of carbonyl (C=O) groups is 3. The maximum atomic E-state index is 13.5. The Morgan fingerprint density at radius 2 is 1.79 bits per heavy atom. The molecule has 2 aliphatic heterocycles. The van der Waals surface area contributed by atoms with Gasteiger partial charge >= 0.3 is 6.03 Å². The molecule has 38 heavy (non-hydrogen) atoms. The number of likely N-dealkylation sites (N-methyl/N-ethyl adjacent to an activating group) is 1. The first kappa shape index (κ1) is 28.4. The summed E-state index contributed by atoms with van der Waals surface area (Å²) in [5, 5.41) is 5.70. The van der Waals surface area contributed by atoms with Gasteiger partial charge in [0.05, 0.1) is 12.6 Å². The minimum Gasteiger partial charge on any atom is -0.344 e. The van der Waals surface area contributed by atoms with Crippen molar-refractivity contribution in [3.05, 3.63) is 24.4 Å². The number of Topliss-reactive ketones (excluding diaryl/α,β-unsaturated/α-hetero) is 1. The Hall–Kier alpha value is -2.57. The molecule has 0 unspecified atom stereocenters. The number of hydrogen-bond acceptors (Lipinski definition) is 7. The van der Waals surface area contributed by atoms with Gasteiger partial charge in [-0.3, -0.25) is 9.59 Å². The van der Waals surface area contributed by atoms with Gasteiger partial charge in [0, 0.05) is 38.4 Å². The standard InChI is InChI=1S/C26H40N6O5S/c1-19-10-11-21(23(33)18-32(19)38(36,37)24-9-5-6-12-27-24)28-25(34)22(17-20-7-3-4-8-20)29-26(35)31-15-13-30(2)14-16-31/h5-6,9,12,19-22H,3-4,7-8,10-11,13-18H2,1-2H3,(H,28,34)(H,29,35)/t19-,21+,22+/m1/s1. The summed E-state index contributed by atoms with van der Waals surface area (Å²) < 4.78 is 27.5. The highest BCUT2D eigenvalue weighted by Gasteiger charge is 2.38. The summed E-state index contributed by atoms with van der Waals surface area (Å²) in [6.45, 7) is 4.17. The Morgan fingerprint density at radius 1 is 1.08 bits per heavy atom. The number of urea groups is 1. The minimum atomic E-state index is -3.96. The number of ketones is 1. The van der Waals surface area contributed by atoms with Crippen molar-refractivity contribution in [3.8, 4) is 0 Å². The van der Waals surface area contributed by atoms with Crippen LogP contribution in [0.3, 0.4) is 0 Å². The molecular weight excluding hydrogens is 508 g/mol. The van der Waals surface area contributed by atoms with Gasteiger partial charge in [0.25, 0.3) is 10.0 Å². The van der Waals surface area contributed by atoms with E-state index in [1.54, 1.807) is 24.0 Å². The van der Waals surface area contributed by atoms with Gasteiger partial charge in [0.2, 0.25) is 5.91 Å². The van der Waals surface area contributed by atoms with Gasteiger partial charge in [-0.05, 0) is 51.3 Å². The van der Waals surface area contributed by atoms with Crippen molar-refractivity contribution in [2.75, 3.05) is 39.8 Å². The third-order valence-electron chi connectivity index (χ3n) is 8.04. The van der Waals surface area contributed by atoms with E-state index in [-0.39, 0.29) is 29.3 Å². The van der Waals surface area contributed by atoms with E-state index in [0.717, 1.165) is 38.8 Å². The van der Waals surface area contributed by atoms with Gasteiger partial charge in [0.1, 0.15) is 6.04 Å². The molecule has 1 saturated carbocycles. The minimum absolute atomic E-state index is 0.106. The largest absolute Gasteiger partial charge is 0.344 e. The smallest absolute Gasteiger partial charge is 0.318 e. The zero-order chi connectivity index (χ0) is 27.3. The molecule has 11 nitrogen and oxygen atoms in total. The van der Waals surface area contributed by atoms with Gasteiger partial charge in [0.15, 0.2) is 10.8 Å². The first-order chi connectivity index (χ1) is 18.1. The fraction of sp³-hybridized carbons (Fsp3) is 0.692. The predicted molar refractivity (Wildman–Crippen MR) is 142 cm³/mol. The molecule has 3 fully saturated rings. The van der Waals surface area contributed by atoms with Crippen LogP contribution in [0.5, 0.6) is 0 Å². The van der Waals surface area contributed by atoms with Gasteiger partial charge in [-0.15, -0.1) is 0 Å². The van der Waals surface area contributed by atoms with Crippen LogP contribution >= 0.6 is 0 Å². The van der Waals surface area contributed by atoms with Crippen LogP contribution in [0.4, 0.5) is 4.79 Å². The molecule has 3 heterocycles. The number of piperazine rings is 1. The monoisotopic (exact) mass is 548 g/mol. The van der Waals surface area contributed by atoms with Crippen LogP contribution in [-0.2, 0) is 19.6 Å². The fourth-order valence-corrected chi connectivity index (χ4v) is 7.12. The van der Waals surface area contributed by atoms with E-state index in [0.29, 0.717) is 38.3 Å². The van der Waals surface area contributed by atoms with Crippen LogP contribution in [0.15, 0.2) is 29.4 Å². The van der Waals surface area contributed by atoms with Crippen LogP contribution in [0.2, 0.25) is 0 Å². The predicted octanol–water partition coefficient (Wildman–Crippen LogP) is 1.21. The molecule has 3 atom stereocenters. The zero-order valence-corrected chi connectivity index (χ0v) is 23.2. The molecule has 0 radical (unpaired) electrons. The fourth-order valence-electron chi connectivity index (χ4n) is 5.56. The number of amides is 3. The molecular formula is C26H40N6O5S. The van der Waals surface area contributed by atoms with E-state index in [9.17, 15) is 22.8 Å². The molecule has 0 bridgehead atoms. The third kappa shape index (κ3) is 6.89. The Bertz CT molecular complexity index is 1090. The highest BCUT2D eigenvalue weighted by molar-refractivity contribution is 7.89. The summed E-state index contributed by atoms with van der Waals surface area (Å²) in [7, 11) is -1.95. The van der Waals surface area contributed by atoms with E-state index in [1.165, 1.54) is 16.6 Å². The van der Waals surface area contributed by atoms with Crippen LogP contribution < -0.4 is 10.6 Å². The second-order valence-corrected chi connectivity index (χ2v) is 12.7. The first-order valence-corrected chi connectivity index (χ1v) is 15.1. The summed E-state index contributed by atoms with van der Waals surface area (Å²) in [6.07, 6.45) is 6.94. The third-order valence-corrected chi connectivity index (χ3v) is 9.92. The number of nitrogens with zero attached hydrogens (tertiary/aromatic N) is 4. The van der Waals surface area contributed by atoms with E-state index >= 15 is 0 Å². The van der Waals surface area contributed by atoms with E-state index < -0.39 is 28.1 Å². The van der Waals surface area contributed by atoms with Crippen molar-refractivity contribution in [3.63, 3.8) is 0 Å². The Labute approximate surface area is 225 Å². The number of nitrogens with one attached hydrogen (secondary N) is 2. The molecule has 0 spiro atoms. The summed E-state index contributed by atoms with van der Waals surface area (Å²) >= 11 is 0.